The number of nitrogens with two attached hydrogens (primary N) is 2. The average Bonchev–Trinajstić information content (AvgIpc) is 2.17. The van der Waals surface area contributed by atoms with Crippen LogP contribution in [0.4, 0.5) is 0 Å². The van der Waals surface area contributed by atoms with Crippen LogP contribution in [0.1, 0.15) is 28.8 Å². The van der Waals surface area contributed by atoms with Crippen LogP contribution >= 0.6 is 0 Å². The lowest BCUT2D eigenvalue weighted by Crippen LogP contribution is -2.12. The largest absolute Gasteiger partial charge is 0.366 e. The van der Waals surface area contributed by atoms with Crippen molar-refractivity contribution in [2.75, 3.05) is 6.54 Å². The molecule has 0 saturated heterocycles. The molecule has 13 heavy (non-hydrogen) atoms. The molecule has 0 heterocycles. The summed E-state index contributed by atoms with van der Waals surface area (Å²) < 4.78 is 0. The normalized spacial score (nSPS) is 12.5. The topological polar surface area (TPSA) is 69.1 Å². The van der Waals surface area contributed by atoms with E-state index in [1.165, 1.54) is 0 Å². The molecule has 1 rings (SSSR count). The first-order valence-electron chi connectivity index (χ1n) is 4.25. The minimum atomic E-state index is -0.396. The van der Waals surface area contributed by atoms with Crippen LogP contribution in [0.2, 0.25) is 0 Å². The van der Waals surface area contributed by atoms with Gasteiger partial charge in [0, 0.05) is 5.56 Å². The predicted octanol–water partition coefficient (Wildman–Crippen LogP) is 0.848. The van der Waals surface area contributed by atoms with Gasteiger partial charge in [0.05, 0.1) is 0 Å². The molecule has 0 aliphatic carbocycles. The van der Waals surface area contributed by atoms with E-state index in [0.717, 1.165) is 5.56 Å². The Labute approximate surface area is 77.7 Å². The zero-order valence-electron chi connectivity index (χ0n) is 7.66. The third kappa shape index (κ3) is 2.29. The van der Waals surface area contributed by atoms with Crippen molar-refractivity contribution in [1.29, 1.82) is 0 Å². The van der Waals surface area contributed by atoms with Gasteiger partial charge < -0.3 is 11.5 Å². The summed E-state index contributed by atoms with van der Waals surface area (Å²) in [6.45, 7) is 2.65. The van der Waals surface area contributed by atoms with Crippen LogP contribution < -0.4 is 11.5 Å². The van der Waals surface area contributed by atoms with Crippen molar-refractivity contribution in [3.8, 4) is 0 Å². The molecule has 4 N–H and O–H groups in total. The Kier molecular flexibility index (Phi) is 3.03. The fraction of sp³-hybridized carbons (Fsp3) is 0.300. The molecule has 1 amide bonds. The first-order chi connectivity index (χ1) is 6.15. The summed E-state index contributed by atoms with van der Waals surface area (Å²) in [4.78, 5) is 10.7. The molecular formula is C10H14N2O. The van der Waals surface area contributed by atoms with Gasteiger partial charge in [-0.2, -0.15) is 0 Å². The van der Waals surface area contributed by atoms with Crippen molar-refractivity contribution in [2.24, 2.45) is 11.5 Å². The second-order valence-corrected chi connectivity index (χ2v) is 3.12. The molecule has 0 aliphatic heterocycles. The minimum Gasteiger partial charge on any atom is -0.366 e. The van der Waals surface area contributed by atoms with Crippen molar-refractivity contribution in [3.05, 3.63) is 35.4 Å². The molecule has 0 spiro atoms. The zero-order chi connectivity index (χ0) is 9.84. The highest BCUT2D eigenvalue weighted by Crippen LogP contribution is 2.13. The predicted molar refractivity (Wildman–Crippen MR) is 52.4 cm³/mol. The van der Waals surface area contributed by atoms with E-state index in [1.807, 2.05) is 19.1 Å². The van der Waals surface area contributed by atoms with Crippen LogP contribution in [-0.4, -0.2) is 12.5 Å². The molecule has 1 unspecified atom stereocenters. The first kappa shape index (κ1) is 9.74. The number of primary amides is 1. The van der Waals surface area contributed by atoms with Gasteiger partial charge in [0.1, 0.15) is 0 Å². The van der Waals surface area contributed by atoms with Gasteiger partial charge in [-0.05, 0) is 30.2 Å². The van der Waals surface area contributed by atoms with E-state index in [9.17, 15) is 4.79 Å². The van der Waals surface area contributed by atoms with Crippen LogP contribution in [-0.2, 0) is 0 Å². The maximum absolute atomic E-state index is 10.7. The fourth-order valence-electron chi connectivity index (χ4n) is 1.11. The van der Waals surface area contributed by atoms with E-state index in [1.54, 1.807) is 12.1 Å². The van der Waals surface area contributed by atoms with Gasteiger partial charge in [-0.15, -0.1) is 0 Å². The second kappa shape index (κ2) is 4.05. The standard InChI is InChI=1S/C10H14N2O/c1-7(6-11)8-2-4-9(5-3-8)10(12)13/h2-5,7H,6,11H2,1H3,(H2,12,13). The minimum absolute atomic E-state index is 0.321. The van der Waals surface area contributed by atoms with Gasteiger partial charge >= 0.3 is 0 Å². The Bertz CT molecular complexity index is 292. The van der Waals surface area contributed by atoms with Gasteiger partial charge in [-0.1, -0.05) is 19.1 Å². The van der Waals surface area contributed by atoms with E-state index in [0.29, 0.717) is 18.0 Å². The molecule has 0 bridgehead atoms. The van der Waals surface area contributed by atoms with Crippen molar-refractivity contribution in [1.82, 2.24) is 0 Å². The van der Waals surface area contributed by atoms with Gasteiger partial charge in [0.15, 0.2) is 0 Å². The van der Waals surface area contributed by atoms with E-state index in [2.05, 4.69) is 0 Å². The van der Waals surface area contributed by atoms with Crippen molar-refractivity contribution < 1.29 is 4.79 Å². The van der Waals surface area contributed by atoms with E-state index in [4.69, 9.17) is 11.5 Å². The van der Waals surface area contributed by atoms with Gasteiger partial charge in [-0.3, -0.25) is 4.79 Å². The maximum Gasteiger partial charge on any atom is 0.248 e. The van der Waals surface area contributed by atoms with Crippen molar-refractivity contribution in [3.63, 3.8) is 0 Å². The molecular weight excluding hydrogens is 164 g/mol. The van der Waals surface area contributed by atoms with Gasteiger partial charge in [0.25, 0.3) is 0 Å². The summed E-state index contributed by atoms with van der Waals surface area (Å²) in [7, 11) is 0. The molecule has 0 saturated carbocycles. The molecule has 0 fully saturated rings. The third-order valence-electron chi connectivity index (χ3n) is 2.12. The Morgan fingerprint density at radius 1 is 1.38 bits per heavy atom. The van der Waals surface area contributed by atoms with Gasteiger partial charge in [0.2, 0.25) is 5.91 Å². The number of carbonyl (C=O) groups is 1. The molecule has 0 radical (unpaired) electrons. The monoisotopic (exact) mass is 178 g/mol. The smallest absolute Gasteiger partial charge is 0.248 e. The van der Waals surface area contributed by atoms with Crippen LogP contribution in [0, 0.1) is 0 Å². The number of rotatable bonds is 3. The Hall–Kier alpha value is -1.35. The van der Waals surface area contributed by atoms with Crippen molar-refractivity contribution >= 4 is 5.91 Å². The summed E-state index contributed by atoms with van der Waals surface area (Å²) in [5, 5.41) is 0. The maximum atomic E-state index is 10.7. The Balaban J connectivity index is 2.87. The number of carbonyl (C=O) groups excluding carboxylic acids is 1. The molecule has 3 nitrogen and oxygen atoms in total. The number of amides is 1. The van der Waals surface area contributed by atoms with E-state index in [-0.39, 0.29) is 0 Å². The lowest BCUT2D eigenvalue weighted by atomic mass is 10.00. The fourth-order valence-corrected chi connectivity index (χ4v) is 1.11. The molecule has 3 heteroatoms. The second-order valence-electron chi connectivity index (χ2n) is 3.12. The third-order valence-corrected chi connectivity index (χ3v) is 2.12. The first-order valence-corrected chi connectivity index (χ1v) is 4.25. The average molecular weight is 178 g/mol. The number of hydrogen-bond acceptors (Lipinski definition) is 2. The SMILES string of the molecule is CC(CN)c1ccc(C(N)=O)cc1. The highest BCUT2D eigenvalue weighted by atomic mass is 16.1. The van der Waals surface area contributed by atoms with Crippen molar-refractivity contribution in [2.45, 2.75) is 12.8 Å². The molecule has 1 atom stereocenters. The number of benzene rings is 1. The summed E-state index contributed by atoms with van der Waals surface area (Å²) in [5.41, 5.74) is 12.3. The molecule has 70 valence electrons. The van der Waals surface area contributed by atoms with E-state index >= 15 is 0 Å². The molecule has 0 aliphatic rings. The van der Waals surface area contributed by atoms with Gasteiger partial charge in [-0.25, -0.2) is 0 Å². The lowest BCUT2D eigenvalue weighted by Gasteiger charge is -2.08. The Morgan fingerprint density at radius 2 is 1.92 bits per heavy atom. The molecule has 0 aromatic heterocycles. The lowest BCUT2D eigenvalue weighted by molar-refractivity contribution is 0.100. The Morgan fingerprint density at radius 3 is 2.31 bits per heavy atom. The van der Waals surface area contributed by atoms with Crippen LogP contribution in [0.25, 0.3) is 0 Å². The summed E-state index contributed by atoms with van der Waals surface area (Å²) in [6, 6.07) is 7.23. The summed E-state index contributed by atoms with van der Waals surface area (Å²) in [5.74, 6) is -0.0751. The molecule has 1 aromatic rings. The number of hydrogen-bond donors (Lipinski definition) is 2. The highest BCUT2D eigenvalue weighted by Gasteiger charge is 2.04. The zero-order valence-corrected chi connectivity index (χ0v) is 7.66. The van der Waals surface area contributed by atoms with Crippen LogP contribution in [0.3, 0.4) is 0 Å². The highest BCUT2D eigenvalue weighted by molar-refractivity contribution is 5.92. The van der Waals surface area contributed by atoms with E-state index < -0.39 is 5.91 Å². The van der Waals surface area contributed by atoms with Crippen LogP contribution in [0.5, 0.6) is 0 Å². The molecule has 1 aromatic carbocycles. The summed E-state index contributed by atoms with van der Waals surface area (Å²) >= 11 is 0. The summed E-state index contributed by atoms with van der Waals surface area (Å²) in [6.07, 6.45) is 0. The van der Waals surface area contributed by atoms with Crippen LogP contribution in [0.15, 0.2) is 24.3 Å². The quantitative estimate of drug-likeness (QED) is 0.720.